The minimum Gasteiger partial charge on any atom is -0.393 e. The molecule has 0 radical (unpaired) electrons. The zero-order valence-electron chi connectivity index (χ0n) is 8.90. The highest BCUT2D eigenvalue weighted by molar-refractivity contribution is 5.97. The fourth-order valence-electron chi connectivity index (χ4n) is 1.07. The van der Waals surface area contributed by atoms with Crippen molar-refractivity contribution in [2.45, 2.75) is 6.54 Å². The largest absolute Gasteiger partial charge is 0.393 e. The Kier molecular flexibility index (Phi) is 4.54. The van der Waals surface area contributed by atoms with Gasteiger partial charge in [0.05, 0.1) is 0 Å². The Morgan fingerprint density at radius 1 is 1.69 bits per heavy atom. The van der Waals surface area contributed by atoms with Crippen molar-refractivity contribution < 1.29 is 4.79 Å². The zero-order chi connectivity index (χ0) is 11.8. The summed E-state index contributed by atoms with van der Waals surface area (Å²) < 4.78 is 0. The summed E-state index contributed by atoms with van der Waals surface area (Å²) in [5, 5.41) is 14.0. The van der Waals surface area contributed by atoms with E-state index < -0.39 is 5.91 Å². The van der Waals surface area contributed by atoms with E-state index in [1.807, 2.05) is 12.1 Å². The van der Waals surface area contributed by atoms with Gasteiger partial charge in [0.15, 0.2) is 0 Å². The molecule has 1 aromatic heterocycles. The number of amides is 1. The highest BCUT2D eigenvalue weighted by Crippen LogP contribution is 1.96. The Bertz CT molecular complexity index is 419. The first-order valence-electron chi connectivity index (χ1n) is 4.72. The molecule has 5 heteroatoms. The Morgan fingerprint density at radius 3 is 3.06 bits per heavy atom. The van der Waals surface area contributed by atoms with Crippen LogP contribution in [0.3, 0.4) is 0 Å². The summed E-state index contributed by atoms with van der Waals surface area (Å²) in [6, 6.07) is 5.45. The standard InChI is InChI=1S/C11H12N4O/c1-13-8-10(5-12)11(16)15-7-9-3-2-4-14-6-9/h2-4,6,8,13H,7H2,1H3,(H,15,16)/b10-8-. The molecule has 2 N–H and O–H groups in total. The molecule has 0 unspecified atom stereocenters. The van der Waals surface area contributed by atoms with Crippen molar-refractivity contribution in [3.63, 3.8) is 0 Å². The summed E-state index contributed by atoms with van der Waals surface area (Å²) in [7, 11) is 1.63. The van der Waals surface area contributed by atoms with E-state index in [1.54, 1.807) is 25.5 Å². The molecule has 0 aliphatic carbocycles. The number of nitrogens with zero attached hydrogens (tertiary/aromatic N) is 2. The van der Waals surface area contributed by atoms with Crippen LogP contribution in [0.2, 0.25) is 0 Å². The van der Waals surface area contributed by atoms with Gasteiger partial charge in [-0.15, -0.1) is 0 Å². The number of pyridine rings is 1. The summed E-state index contributed by atoms with van der Waals surface area (Å²) in [4.78, 5) is 15.4. The minimum absolute atomic E-state index is 0.0476. The predicted molar refractivity (Wildman–Crippen MR) is 58.8 cm³/mol. The van der Waals surface area contributed by atoms with Crippen molar-refractivity contribution in [3.05, 3.63) is 41.9 Å². The van der Waals surface area contributed by atoms with Crippen molar-refractivity contribution in [3.8, 4) is 6.07 Å². The van der Waals surface area contributed by atoms with E-state index in [-0.39, 0.29) is 5.57 Å². The average molecular weight is 216 g/mol. The first-order chi connectivity index (χ1) is 7.77. The van der Waals surface area contributed by atoms with Crippen LogP contribution in [0.5, 0.6) is 0 Å². The van der Waals surface area contributed by atoms with Crippen LogP contribution in [0.15, 0.2) is 36.3 Å². The molecule has 0 aliphatic heterocycles. The van der Waals surface area contributed by atoms with Crippen LogP contribution in [0, 0.1) is 11.3 Å². The number of aromatic nitrogens is 1. The average Bonchev–Trinajstić information content (AvgIpc) is 2.34. The molecule has 1 rings (SSSR count). The van der Waals surface area contributed by atoms with E-state index >= 15 is 0 Å². The molecule has 16 heavy (non-hydrogen) atoms. The normalized spacial score (nSPS) is 10.4. The quantitative estimate of drug-likeness (QED) is 0.561. The molecule has 0 aliphatic rings. The van der Waals surface area contributed by atoms with E-state index in [0.717, 1.165) is 5.56 Å². The van der Waals surface area contributed by atoms with Gasteiger partial charge in [-0.25, -0.2) is 0 Å². The molecule has 0 saturated carbocycles. The van der Waals surface area contributed by atoms with Crippen LogP contribution in [-0.4, -0.2) is 17.9 Å². The van der Waals surface area contributed by atoms with Crippen molar-refractivity contribution >= 4 is 5.91 Å². The van der Waals surface area contributed by atoms with Crippen LogP contribution in [0.25, 0.3) is 0 Å². The van der Waals surface area contributed by atoms with Gasteiger partial charge in [0.1, 0.15) is 11.6 Å². The third kappa shape index (κ3) is 3.42. The van der Waals surface area contributed by atoms with Crippen molar-refractivity contribution in [1.82, 2.24) is 15.6 Å². The monoisotopic (exact) mass is 216 g/mol. The first-order valence-corrected chi connectivity index (χ1v) is 4.72. The summed E-state index contributed by atoms with van der Waals surface area (Å²) >= 11 is 0. The summed E-state index contributed by atoms with van der Waals surface area (Å²) in [6.45, 7) is 0.357. The fraction of sp³-hybridized carbons (Fsp3) is 0.182. The van der Waals surface area contributed by atoms with Gasteiger partial charge < -0.3 is 10.6 Å². The van der Waals surface area contributed by atoms with Crippen LogP contribution < -0.4 is 10.6 Å². The van der Waals surface area contributed by atoms with Crippen molar-refractivity contribution in [1.29, 1.82) is 5.26 Å². The Balaban J connectivity index is 2.54. The van der Waals surface area contributed by atoms with Gasteiger partial charge in [-0.2, -0.15) is 5.26 Å². The highest BCUT2D eigenvalue weighted by Gasteiger charge is 2.07. The number of nitriles is 1. The second-order valence-corrected chi connectivity index (χ2v) is 3.00. The molecule has 1 heterocycles. The lowest BCUT2D eigenvalue weighted by Crippen LogP contribution is -2.24. The second kappa shape index (κ2) is 6.19. The molecule has 82 valence electrons. The summed E-state index contributed by atoms with van der Waals surface area (Å²) in [6.07, 6.45) is 4.68. The molecule has 0 atom stereocenters. The number of carbonyl (C=O) groups is 1. The van der Waals surface area contributed by atoms with Gasteiger partial charge in [-0.05, 0) is 11.6 Å². The van der Waals surface area contributed by atoms with E-state index in [0.29, 0.717) is 6.54 Å². The number of hydrogen-bond acceptors (Lipinski definition) is 4. The predicted octanol–water partition coefficient (Wildman–Crippen LogP) is 0.325. The van der Waals surface area contributed by atoms with Crippen LogP contribution >= 0.6 is 0 Å². The van der Waals surface area contributed by atoms with Gasteiger partial charge in [0.2, 0.25) is 0 Å². The minimum atomic E-state index is -0.402. The SMILES string of the molecule is CN/C=C(/C#N)C(=O)NCc1cccnc1. The maximum absolute atomic E-state index is 11.5. The van der Waals surface area contributed by atoms with Crippen molar-refractivity contribution in [2.75, 3.05) is 7.05 Å². The molecule has 0 aromatic carbocycles. The van der Waals surface area contributed by atoms with E-state index in [4.69, 9.17) is 5.26 Å². The zero-order valence-corrected chi connectivity index (χ0v) is 8.90. The van der Waals surface area contributed by atoms with Crippen LogP contribution in [0.1, 0.15) is 5.56 Å². The molecule has 0 saturated heterocycles. The van der Waals surface area contributed by atoms with E-state index in [2.05, 4.69) is 15.6 Å². The smallest absolute Gasteiger partial charge is 0.263 e. The van der Waals surface area contributed by atoms with Gasteiger partial charge >= 0.3 is 0 Å². The number of nitrogens with one attached hydrogen (secondary N) is 2. The molecular weight excluding hydrogens is 204 g/mol. The summed E-state index contributed by atoms with van der Waals surface area (Å²) in [5.74, 6) is -0.402. The van der Waals surface area contributed by atoms with Gasteiger partial charge in [-0.1, -0.05) is 6.07 Å². The molecular formula is C11H12N4O. The lowest BCUT2D eigenvalue weighted by atomic mass is 10.2. The third-order valence-corrected chi connectivity index (χ3v) is 1.83. The van der Waals surface area contributed by atoms with Crippen LogP contribution in [-0.2, 0) is 11.3 Å². The molecule has 0 spiro atoms. The maximum atomic E-state index is 11.5. The van der Waals surface area contributed by atoms with Gasteiger partial charge in [0, 0.05) is 32.2 Å². The topological polar surface area (TPSA) is 77.8 Å². The lowest BCUT2D eigenvalue weighted by Gasteiger charge is -2.03. The molecule has 1 aromatic rings. The maximum Gasteiger partial charge on any atom is 0.263 e. The Hall–Kier alpha value is -2.35. The Labute approximate surface area is 93.8 Å². The Morgan fingerprint density at radius 2 is 2.50 bits per heavy atom. The first kappa shape index (κ1) is 11.7. The summed E-state index contributed by atoms with van der Waals surface area (Å²) in [5.41, 5.74) is 0.934. The molecule has 0 fully saturated rings. The van der Waals surface area contributed by atoms with Crippen molar-refractivity contribution in [2.24, 2.45) is 0 Å². The van der Waals surface area contributed by atoms with Gasteiger partial charge in [-0.3, -0.25) is 9.78 Å². The van der Waals surface area contributed by atoms with Gasteiger partial charge in [0.25, 0.3) is 5.91 Å². The molecule has 5 nitrogen and oxygen atoms in total. The molecule has 1 amide bonds. The number of hydrogen-bond donors (Lipinski definition) is 2. The number of rotatable bonds is 4. The molecule has 0 bridgehead atoms. The second-order valence-electron chi connectivity index (χ2n) is 3.00. The highest BCUT2D eigenvalue weighted by atomic mass is 16.1. The lowest BCUT2D eigenvalue weighted by molar-refractivity contribution is -0.117. The van der Waals surface area contributed by atoms with Crippen LogP contribution in [0.4, 0.5) is 0 Å². The van der Waals surface area contributed by atoms with E-state index in [9.17, 15) is 4.79 Å². The third-order valence-electron chi connectivity index (χ3n) is 1.83. The fourth-order valence-corrected chi connectivity index (χ4v) is 1.07. The number of carbonyl (C=O) groups excluding carboxylic acids is 1. The van der Waals surface area contributed by atoms with E-state index in [1.165, 1.54) is 6.20 Å².